The fourth-order valence-corrected chi connectivity index (χ4v) is 2.52. The maximum absolute atomic E-state index is 10.3. The Morgan fingerprint density at radius 1 is 1.67 bits per heavy atom. The third kappa shape index (κ3) is 4.74. The smallest absolute Gasteiger partial charge is 0.540 e. The maximum Gasteiger partial charge on any atom is 1.00 e. The van der Waals surface area contributed by atoms with Gasteiger partial charge in [-0.2, -0.15) is 0 Å². The van der Waals surface area contributed by atoms with Crippen LogP contribution in [-0.2, 0) is 4.79 Å². The van der Waals surface area contributed by atoms with Gasteiger partial charge in [0, 0.05) is 0 Å². The first-order chi connectivity index (χ1) is 5.36. The average molecular weight is 211 g/mol. The summed E-state index contributed by atoms with van der Waals surface area (Å²) in [5, 5.41) is 3.73. The summed E-state index contributed by atoms with van der Waals surface area (Å²) in [6, 6.07) is -0.00667. The van der Waals surface area contributed by atoms with E-state index in [4.69, 9.17) is 0 Å². The van der Waals surface area contributed by atoms with E-state index in [1.54, 1.807) is 0 Å². The van der Waals surface area contributed by atoms with Crippen molar-refractivity contribution in [3.8, 4) is 0 Å². The zero-order valence-corrected chi connectivity index (χ0v) is 11.7. The number of rotatable bonds is 3. The number of thioether (sulfide) groups is 1. The van der Waals surface area contributed by atoms with Crippen molar-refractivity contribution in [2.75, 3.05) is 5.75 Å². The Labute approximate surface area is 121 Å². The van der Waals surface area contributed by atoms with Crippen LogP contribution in [0.1, 0.15) is 26.2 Å². The first-order valence-electron chi connectivity index (χ1n) is 4.12. The van der Waals surface area contributed by atoms with Crippen LogP contribution in [0.5, 0.6) is 0 Å². The van der Waals surface area contributed by atoms with Gasteiger partial charge in [-0.3, -0.25) is 0 Å². The fourth-order valence-electron chi connectivity index (χ4n) is 1.21. The second-order valence-electron chi connectivity index (χ2n) is 2.77. The second kappa shape index (κ2) is 7.97. The van der Waals surface area contributed by atoms with Crippen molar-refractivity contribution in [3.63, 3.8) is 0 Å². The first-order valence-corrected chi connectivity index (χ1v) is 5.17. The number of hydrogen-bond acceptors (Lipinski definition) is 3. The minimum Gasteiger partial charge on any atom is -0.540 e. The molecule has 0 bridgehead atoms. The summed E-state index contributed by atoms with van der Waals surface area (Å²) in [5.41, 5.74) is 0. The SMILES string of the molecule is CCCC1N[C@H]([C-]=O)CCS1.[K+]. The van der Waals surface area contributed by atoms with Gasteiger partial charge in [0.05, 0.1) is 5.37 Å². The van der Waals surface area contributed by atoms with E-state index >= 15 is 0 Å². The van der Waals surface area contributed by atoms with Gasteiger partial charge in [0.2, 0.25) is 0 Å². The molecule has 0 amide bonds. The molecule has 0 aromatic heterocycles. The zero-order valence-electron chi connectivity index (χ0n) is 7.80. The molecule has 1 aliphatic rings. The predicted molar refractivity (Wildman–Crippen MR) is 48.4 cm³/mol. The van der Waals surface area contributed by atoms with Gasteiger partial charge >= 0.3 is 51.4 Å². The van der Waals surface area contributed by atoms with E-state index in [0.29, 0.717) is 5.37 Å². The van der Waals surface area contributed by atoms with Gasteiger partial charge in [-0.1, -0.05) is 25.8 Å². The van der Waals surface area contributed by atoms with Crippen LogP contribution < -0.4 is 56.7 Å². The van der Waals surface area contributed by atoms with Crippen molar-refractivity contribution in [2.24, 2.45) is 0 Å². The maximum atomic E-state index is 10.3. The van der Waals surface area contributed by atoms with Crippen LogP contribution in [0.15, 0.2) is 0 Å². The predicted octanol–water partition coefficient (Wildman–Crippen LogP) is -1.68. The van der Waals surface area contributed by atoms with Crippen molar-refractivity contribution < 1.29 is 56.2 Å². The first kappa shape index (κ1) is 13.6. The van der Waals surface area contributed by atoms with Crippen LogP contribution in [-0.4, -0.2) is 23.5 Å². The Hall–Kier alpha value is 1.62. The molecule has 1 unspecified atom stereocenters. The Kier molecular flexibility index (Phi) is 9.04. The molecule has 12 heavy (non-hydrogen) atoms. The Bertz CT molecular complexity index is 132. The van der Waals surface area contributed by atoms with Gasteiger partial charge in [-0.15, -0.1) is 11.8 Å². The Morgan fingerprint density at radius 3 is 3.00 bits per heavy atom. The fraction of sp³-hybridized carbons (Fsp3) is 0.875. The van der Waals surface area contributed by atoms with Crippen LogP contribution in [0.4, 0.5) is 0 Å². The standard InChI is InChI=1S/C8H14NOS.K/c1-2-3-8-9-7(6-10)4-5-11-8;/h7-9H,2-5H2,1H3;/q-1;+1/t7-,8?;/m0./s1. The van der Waals surface area contributed by atoms with Crippen LogP contribution >= 0.6 is 11.8 Å². The average Bonchev–Trinajstić information content (AvgIpc) is 2.06. The topological polar surface area (TPSA) is 29.1 Å². The number of hydrogen-bond donors (Lipinski definition) is 1. The van der Waals surface area contributed by atoms with Crippen LogP contribution in [0.2, 0.25) is 0 Å². The van der Waals surface area contributed by atoms with Crippen LogP contribution in [0.3, 0.4) is 0 Å². The summed E-state index contributed by atoms with van der Waals surface area (Å²) in [7, 11) is 0. The van der Waals surface area contributed by atoms with E-state index in [1.807, 2.05) is 18.0 Å². The van der Waals surface area contributed by atoms with Crippen molar-refractivity contribution in [1.82, 2.24) is 5.32 Å². The van der Waals surface area contributed by atoms with Gasteiger partial charge in [-0.05, 0) is 12.2 Å². The second-order valence-corrected chi connectivity index (χ2v) is 4.08. The van der Waals surface area contributed by atoms with Gasteiger partial charge < -0.3 is 10.1 Å². The molecule has 1 aliphatic heterocycles. The molecule has 0 saturated carbocycles. The van der Waals surface area contributed by atoms with Gasteiger partial charge in [-0.25, -0.2) is 6.29 Å². The van der Waals surface area contributed by atoms with Gasteiger partial charge in [0.25, 0.3) is 0 Å². The molecule has 1 heterocycles. The van der Waals surface area contributed by atoms with E-state index in [0.717, 1.165) is 18.6 Å². The normalized spacial score (nSPS) is 29.1. The van der Waals surface area contributed by atoms with Gasteiger partial charge in [0.1, 0.15) is 0 Å². The van der Waals surface area contributed by atoms with Gasteiger partial charge in [0.15, 0.2) is 0 Å². The molecule has 1 N–H and O–H groups in total. The molecule has 0 aromatic rings. The summed E-state index contributed by atoms with van der Waals surface area (Å²) in [6.07, 6.45) is 5.29. The summed E-state index contributed by atoms with van der Waals surface area (Å²) < 4.78 is 0. The summed E-state index contributed by atoms with van der Waals surface area (Å²) in [6.45, 7) is 2.16. The van der Waals surface area contributed by atoms with E-state index in [2.05, 4.69) is 12.2 Å². The van der Waals surface area contributed by atoms with Crippen molar-refractivity contribution >= 4 is 18.0 Å². The largest absolute Gasteiger partial charge is 1.00 e. The van der Waals surface area contributed by atoms with Crippen molar-refractivity contribution in [1.29, 1.82) is 0 Å². The molecule has 1 saturated heterocycles. The molecule has 2 nitrogen and oxygen atoms in total. The molecule has 1 rings (SSSR count). The number of nitrogens with one attached hydrogen (secondary N) is 1. The molecular weight excluding hydrogens is 197 g/mol. The van der Waals surface area contributed by atoms with E-state index in [9.17, 15) is 4.79 Å². The van der Waals surface area contributed by atoms with E-state index < -0.39 is 0 Å². The molecule has 64 valence electrons. The zero-order chi connectivity index (χ0) is 8.10. The minimum atomic E-state index is -0.00667. The third-order valence-corrected chi connectivity index (χ3v) is 3.05. The third-order valence-electron chi connectivity index (χ3n) is 1.81. The molecule has 0 spiro atoms. The monoisotopic (exact) mass is 211 g/mol. The molecule has 0 aromatic carbocycles. The summed E-state index contributed by atoms with van der Waals surface area (Å²) in [4.78, 5) is 10.3. The van der Waals surface area contributed by atoms with Crippen LogP contribution in [0.25, 0.3) is 0 Å². The minimum absolute atomic E-state index is 0. The number of carbonyl (C=O) groups excluding carboxylic acids is 1. The van der Waals surface area contributed by atoms with Crippen molar-refractivity contribution in [3.05, 3.63) is 0 Å². The summed E-state index contributed by atoms with van der Waals surface area (Å²) >= 11 is 1.92. The van der Waals surface area contributed by atoms with E-state index in [-0.39, 0.29) is 57.4 Å². The van der Waals surface area contributed by atoms with Crippen LogP contribution in [0, 0.1) is 0 Å². The quantitative estimate of drug-likeness (QED) is 0.447. The molecule has 2 atom stereocenters. The Balaban J connectivity index is 0.00000121. The Morgan fingerprint density at radius 2 is 2.42 bits per heavy atom. The molecule has 0 aliphatic carbocycles. The molecule has 4 heteroatoms. The molecular formula is C8H14KNOS. The van der Waals surface area contributed by atoms with Crippen molar-refractivity contribution in [2.45, 2.75) is 37.6 Å². The summed E-state index contributed by atoms with van der Waals surface area (Å²) in [5.74, 6) is 1.09. The van der Waals surface area contributed by atoms with E-state index in [1.165, 1.54) is 6.42 Å². The molecule has 1 fully saturated rings. The molecule has 0 radical (unpaired) electrons.